The molecule has 0 unspecified atom stereocenters. The lowest BCUT2D eigenvalue weighted by molar-refractivity contribution is -0.124. The van der Waals surface area contributed by atoms with Crippen LogP contribution in [0, 0.1) is 11.2 Å². The van der Waals surface area contributed by atoms with E-state index in [4.69, 9.17) is 11.6 Å². The summed E-state index contributed by atoms with van der Waals surface area (Å²) in [6.07, 6.45) is 1.29. The normalized spacial score (nSPS) is 23.8. The third-order valence-electron chi connectivity index (χ3n) is 3.36. The fourth-order valence-electron chi connectivity index (χ4n) is 2.30. The Labute approximate surface area is 99.6 Å². The maximum Gasteiger partial charge on any atom is 0.142 e. The molecule has 0 spiro atoms. The van der Waals surface area contributed by atoms with Crippen molar-refractivity contribution in [2.75, 3.05) is 0 Å². The van der Waals surface area contributed by atoms with E-state index in [0.717, 1.165) is 12.0 Å². The predicted molar refractivity (Wildman–Crippen MR) is 62.2 cm³/mol. The fraction of sp³-hybridized carbons (Fsp3) is 0.462. The Morgan fingerprint density at radius 1 is 1.44 bits per heavy atom. The van der Waals surface area contributed by atoms with Crippen LogP contribution in [0.25, 0.3) is 0 Å². The zero-order chi connectivity index (χ0) is 11.9. The van der Waals surface area contributed by atoms with Gasteiger partial charge in [-0.3, -0.25) is 4.79 Å². The number of carbonyl (C=O) groups excluding carboxylic acids is 1. The molecule has 1 saturated carbocycles. The Bertz CT molecular complexity index is 440. The Kier molecular flexibility index (Phi) is 2.79. The summed E-state index contributed by atoms with van der Waals surface area (Å²) >= 11 is 5.63. The van der Waals surface area contributed by atoms with Gasteiger partial charge < -0.3 is 0 Å². The van der Waals surface area contributed by atoms with Crippen LogP contribution in [-0.2, 0) is 4.79 Å². The maximum atomic E-state index is 13.3. The van der Waals surface area contributed by atoms with Crippen LogP contribution in [0.1, 0.15) is 38.2 Å². The van der Waals surface area contributed by atoms with Crippen molar-refractivity contribution in [1.29, 1.82) is 0 Å². The summed E-state index contributed by atoms with van der Waals surface area (Å²) in [5, 5.41) is 0.132. The molecule has 0 N–H and O–H groups in total. The Morgan fingerprint density at radius 2 is 2.12 bits per heavy atom. The van der Waals surface area contributed by atoms with Gasteiger partial charge in [-0.25, -0.2) is 4.39 Å². The molecule has 1 fully saturated rings. The van der Waals surface area contributed by atoms with Crippen LogP contribution in [0.15, 0.2) is 18.2 Å². The molecule has 1 aliphatic rings. The summed E-state index contributed by atoms with van der Waals surface area (Å²) < 4.78 is 13.3. The molecular formula is C13H14ClFO. The molecule has 1 nitrogen and oxygen atoms in total. The van der Waals surface area contributed by atoms with Crippen molar-refractivity contribution in [1.82, 2.24) is 0 Å². The van der Waals surface area contributed by atoms with Gasteiger partial charge in [0.2, 0.25) is 0 Å². The number of rotatable bonds is 1. The van der Waals surface area contributed by atoms with Crippen LogP contribution in [0.2, 0.25) is 5.02 Å². The Balaban J connectivity index is 2.27. The number of carbonyl (C=O) groups is 1. The van der Waals surface area contributed by atoms with Gasteiger partial charge in [0.1, 0.15) is 11.6 Å². The SMILES string of the molecule is CC1(C)C[C@@H](c2ccc(Cl)c(F)c2)CC1=O. The van der Waals surface area contributed by atoms with Crippen LogP contribution in [0.5, 0.6) is 0 Å². The summed E-state index contributed by atoms with van der Waals surface area (Å²) in [6.45, 7) is 3.89. The second-order valence-corrected chi connectivity index (χ2v) is 5.49. The van der Waals surface area contributed by atoms with Gasteiger partial charge in [0.25, 0.3) is 0 Å². The zero-order valence-corrected chi connectivity index (χ0v) is 10.1. The van der Waals surface area contributed by atoms with E-state index in [-0.39, 0.29) is 22.1 Å². The van der Waals surface area contributed by atoms with Gasteiger partial charge in [-0.2, -0.15) is 0 Å². The van der Waals surface area contributed by atoms with Crippen LogP contribution in [0.3, 0.4) is 0 Å². The lowest BCUT2D eigenvalue weighted by atomic mass is 9.88. The lowest BCUT2D eigenvalue weighted by Crippen LogP contribution is -2.15. The zero-order valence-electron chi connectivity index (χ0n) is 9.39. The van der Waals surface area contributed by atoms with Crippen molar-refractivity contribution < 1.29 is 9.18 Å². The summed E-state index contributed by atoms with van der Waals surface area (Å²) in [7, 11) is 0. The molecule has 0 bridgehead atoms. The van der Waals surface area contributed by atoms with Gasteiger partial charge in [-0.05, 0) is 30.0 Å². The van der Waals surface area contributed by atoms with E-state index in [9.17, 15) is 9.18 Å². The minimum Gasteiger partial charge on any atom is -0.299 e. The van der Waals surface area contributed by atoms with E-state index in [1.165, 1.54) is 6.07 Å². The highest BCUT2D eigenvalue weighted by molar-refractivity contribution is 6.30. The first-order valence-electron chi connectivity index (χ1n) is 5.38. The molecular weight excluding hydrogens is 227 g/mol. The number of halogens is 2. The van der Waals surface area contributed by atoms with Crippen LogP contribution >= 0.6 is 11.6 Å². The standard InChI is InChI=1S/C13H14ClFO/c1-13(2)7-9(6-12(13)16)8-3-4-10(14)11(15)5-8/h3-5,9H,6-7H2,1-2H3/t9-/m0/s1. The minimum absolute atomic E-state index is 0.132. The van der Waals surface area contributed by atoms with Gasteiger partial charge in [-0.1, -0.05) is 31.5 Å². The van der Waals surface area contributed by atoms with Crippen molar-refractivity contribution in [3.05, 3.63) is 34.6 Å². The van der Waals surface area contributed by atoms with Gasteiger partial charge in [0.05, 0.1) is 5.02 Å². The number of ketones is 1. The van der Waals surface area contributed by atoms with Crippen molar-refractivity contribution in [3.63, 3.8) is 0 Å². The van der Waals surface area contributed by atoms with E-state index in [1.54, 1.807) is 6.07 Å². The predicted octanol–water partition coefficient (Wildman–Crippen LogP) is 3.95. The average molecular weight is 241 g/mol. The van der Waals surface area contributed by atoms with E-state index in [2.05, 4.69) is 0 Å². The molecule has 86 valence electrons. The molecule has 0 saturated heterocycles. The smallest absolute Gasteiger partial charge is 0.142 e. The molecule has 0 radical (unpaired) electrons. The highest BCUT2D eigenvalue weighted by Gasteiger charge is 2.39. The van der Waals surface area contributed by atoms with Crippen molar-refractivity contribution in [2.45, 2.75) is 32.6 Å². The largest absolute Gasteiger partial charge is 0.299 e. The molecule has 1 aromatic carbocycles. The molecule has 1 aromatic rings. The third kappa shape index (κ3) is 1.99. The Morgan fingerprint density at radius 3 is 2.62 bits per heavy atom. The molecule has 1 aliphatic carbocycles. The van der Waals surface area contributed by atoms with Crippen molar-refractivity contribution in [2.24, 2.45) is 5.41 Å². The maximum absolute atomic E-state index is 13.3. The summed E-state index contributed by atoms with van der Waals surface area (Å²) in [5.74, 6) is -0.0153. The first-order valence-corrected chi connectivity index (χ1v) is 5.76. The summed E-state index contributed by atoms with van der Waals surface area (Å²) in [4.78, 5) is 11.7. The van der Waals surface area contributed by atoms with Crippen LogP contribution in [0.4, 0.5) is 4.39 Å². The third-order valence-corrected chi connectivity index (χ3v) is 3.66. The van der Waals surface area contributed by atoms with Crippen molar-refractivity contribution in [3.8, 4) is 0 Å². The average Bonchev–Trinajstić information content (AvgIpc) is 2.46. The van der Waals surface area contributed by atoms with E-state index < -0.39 is 5.82 Å². The molecule has 0 amide bonds. The molecule has 16 heavy (non-hydrogen) atoms. The first kappa shape index (κ1) is 11.6. The first-order chi connectivity index (χ1) is 7.40. The number of hydrogen-bond donors (Lipinski definition) is 0. The second-order valence-electron chi connectivity index (χ2n) is 5.09. The molecule has 0 aromatic heterocycles. The topological polar surface area (TPSA) is 17.1 Å². The van der Waals surface area contributed by atoms with E-state index >= 15 is 0 Å². The van der Waals surface area contributed by atoms with Crippen LogP contribution in [-0.4, -0.2) is 5.78 Å². The van der Waals surface area contributed by atoms with Gasteiger partial charge in [-0.15, -0.1) is 0 Å². The Hall–Kier alpha value is -0.890. The van der Waals surface area contributed by atoms with Gasteiger partial charge in [0, 0.05) is 11.8 Å². The second kappa shape index (κ2) is 3.85. The molecule has 0 aliphatic heterocycles. The van der Waals surface area contributed by atoms with E-state index in [0.29, 0.717) is 6.42 Å². The number of benzene rings is 1. The van der Waals surface area contributed by atoms with Gasteiger partial charge in [0.15, 0.2) is 0 Å². The highest BCUT2D eigenvalue weighted by Crippen LogP contribution is 2.43. The quantitative estimate of drug-likeness (QED) is 0.726. The summed E-state index contributed by atoms with van der Waals surface area (Å²) in [6, 6.07) is 4.81. The lowest BCUT2D eigenvalue weighted by Gasteiger charge is -2.15. The number of hydrogen-bond acceptors (Lipinski definition) is 1. The molecule has 0 heterocycles. The highest BCUT2D eigenvalue weighted by atomic mass is 35.5. The monoisotopic (exact) mass is 240 g/mol. The molecule has 2 rings (SSSR count). The van der Waals surface area contributed by atoms with Crippen molar-refractivity contribution >= 4 is 17.4 Å². The minimum atomic E-state index is -0.406. The fourth-order valence-corrected chi connectivity index (χ4v) is 2.42. The van der Waals surface area contributed by atoms with E-state index in [1.807, 2.05) is 19.9 Å². The summed E-state index contributed by atoms with van der Waals surface area (Å²) in [5.41, 5.74) is 0.599. The molecule has 1 atom stereocenters. The number of Topliss-reactive ketones (excluding diaryl/α,β-unsaturated/α-hetero) is 1. The van der Waals surface area contributed by atoms with Gasteiger partial charge >= 0.3 is 0 Å². The molecule has 3 heteroatoms. The van der Waals surface area contributed by atoms with Crippen LogP contribution < -0.4 is 0 Å².